The molecule has 0 aliphatic carbocycles. The summed E-state index contributed by atoms with van der Waals surface area (Å²) >= 11 is 1.75. The zero-order valence-electron chi connectivity index (χ0n) is 21.2. The molecule has 0 radical (unpaired) electrons. The number of thiophene rings is 1. The molecule has 4 heterocycles. The Hall–Kier alpha value is -5.13. The minimum atomic E-state index is 0.674. The maximum atomic E-state index is 5.30. The van der Waals surface area contributed by atoms with E-state index < -0.39 is 0 Å². The van der Waals surface area contributed by atoms with Crippen LogP contribution in [0.5, 0.6) is 0 Å². The molecule has 0 unspecified atom stereocenters. The Balaban J connectivity index is 1.50. The second kappa shape index (κ2) is 8.18. The van der Waals surface area contributed by atoms with E-state index in [-0.39, 0.29) is 0 Å². The molecule has 9 rings (SSSR count). The Morgan fingerprint density at radius 2 is 1.15 bits per heavy atom. The highest BCUT2D eigenvalue weighted by molar-refractivity contribution is 7.26. The molecule has 186 valence electrons. The van der Waals surface area contributed by atoms with Crippen LogP contribution in [0.15, 0.2) is 122 Å². The van der Waals surface area contributed by atoms with Crippen LogP contribution in [0.25, 0.3) is 80.9 Å². The monoisotopic (exact) mass is 528 g/mol. The Bertz CT molecular complexity index is 2340. The first kappa shape index (κ1) is 21.8. The van der Waals surface area contributed by atoms with Gasteiger partial charge in [-0.05, 0) is 51.9 Å². The molecule has 0 spiro atoms. The van der Waals surface area contributed by atoms with Gasteiger partial charge in [0.15, 0.2) is 0 Å². The highest BCUT2D eigenvalue weighted by atomic mass is 32.1. The van der Waals surface area contributed by atoms with Crippen molar-refractivity contribution in [1.82, 2.24) is 19.5 Å². The van der Waals surface area contributed by atoms with Crippen LogP contribution in [0.1, 0.15) is 0 Å². The fraction of sp³-hybridized carbons (Fsp3) is 0. The van der Waals surface area contributed by atoms with Gasteiger partial charge in [0.25, 0.3) is 0 Å². The molecule has 0 amide bonds. The SMILES string of the molecule is c1ccc2c(c1)ccc1c2c2c3ccccc3ccc2n1-c1nc(-c2ccncc2)c2sc3ccccc3c2n1. The topological polar surface area (TPSA) is 43.6 Å². The van der Waals surface area contributed by atoms with Crippen LogP contribution in [0.2, 0.25) is 0 Å². The predicted octanol–water partition coefficient (Wildman–Crippen LogP) is 9.31. The fourth-order valence-corrected chi connectivity index (χ4v) is 7.30. The first-order chi connectivity index (χ1) is 19.8. The number of fused-ring (bicyclic) bond motifs is 10. The Morgan fingerprint density at radius 1 is 0.550 bits per heavy atom. The van der Waals surface area contributed by atoms with Gasteiger partial charge in [-0.3, -0.25) is 9.55 Å². The van der Waals surface area contributed by atoms with Crippen LogP contribution in [-0.4, -0.2) is 19.5 Å². The lowest BCUT2D eigenvalue weighted by Gasteiger charge is -2.10. The molecule has 0 atom stereocenters. The van der Waals surface area contributed by atoms with Crippen molar-refractivity contribution in [2.24, 2.45) is 0 Å². The second-order valence-corrected chi connectivity index (χ2v) is 11.1. The highest BCUT2D eigenvalue weighted by Crippen LogP contribution is 2.42. The summed E-state index contributed by atoms with van der Waals surface area (Å²) in [5.74, 6) is 0.674. The molecule has 0 saturated carbocycles. The molecular formula is C35H20N4S. The van der Waals surface area contributed by atoms with E-state index in [2.05, 4.69) is 107 Å². The average Bonchev–Trinajstić information content (AvgIpc) is 3.57. The molecule has 0 aliphatic heterocycles. The van der Waals surface area contributed by atoms with E-state index >= 15 is 0 Å². The second-order valence-electron chi connectivity index (χ2n) is 10.1. The Kier molecular flexibility index (Phi) is 4.45. The van der Waals surface area contributed by atoms with Crippen LogP contribution in [0.3, 0.4) is 0 Å². The van der Waals surface area contributed by atoms with Gasteiger partial charge in [0, 0.05) is 38.8 Å². The van der Waals surface area contributed by atoms with Gasteiger partial charge in [0.05, 0.1) is 26.9 Å². The van der Waals surface area contributed by atoms with E-state index in [1.807, 2.05) is 24.5 Å². The van der Waals surface area contributed by atoms with E-state index in [0.717, 1.165) is 37.9 Å². The maximum absolute atomic E-state index is 5.30. The van der Waals surface area contributed by atoms with Gasteiger partial charge in [-0.25, -0.2) is 9.97 Å². The first-order valence-electron chi connectivity index (χ1n) is 13.3. The van der Waals surface area contributed by atoms with E-state index in [1.54, 1.807) is 11.3 Å². The lowest BCUT2D eigenvalue weighted by Crippen LogP contribution is -2.02. The quantitative estimate of drug-likeness (QED) is 0.225. The fourth-order valence-electron chi connectivity index (χ4n) is 6.15. The van der Waals surface area contributed by atoms with Crippen molar-refractivity contribution in [1.29, 1.82) is 0 Å². The van der Waals surface area contributed by atoms with Crippen molar-refractivity contribution < 1.29 is 0 Å². The van der Waals surface area contributed by atoms with Gasteiger partial charge in [-0.15, -0.1) is 11.3 Å². The normalized spacial score (nSPS) is 12.0. The summed E-state index contributed by atoms with van der Waals surface area (Å²) in [6.07, 6.45) is 3.66. The molecule has 9 aromatic rings. The first-order valence-corrected chi connectivity index (χ1v) is 14.1. The molecule has 5 aromatic carbocycles. The van der Waals surface area contributed by atoms with Gasteiger partial charge in [-0.1, -0.05) is 78.9 Å². The number of hydrogen-bond acceptors (Lipinski definition) is 4. The minimum Gasteiger partial charge on any atom is -0.278 e. The number of pyridine rings is 1. The number of aromatic nitrogens is 4. The number of nitrogens with zero attached hydrogens (tertiary/aromatic N) is 4. The van der Waals surface area contributed by atoms with Gasteiger partial charge >= 0.3 is 0 Å². The third-order valence-corrected chi connectivity index (χ3v) is 9.07. The zero-order chi connectivity index (χ0) is 26.2. The average molecular weight is 529 g/mol. The van der Waals surface area contributed by atoms with Crippen LogP contribution < -0.4 is 0 Å². The lowest BCUT2D eigenvalue weighted by molar-refractivity contribution is 1.02. The summed E-state index contributed by atoms with van der Waals surface area (Å²) in [5.41, 5.74) is 5.15. The Labute approximate surface area is 232 Å². The van der Waals surface area contributed by atoms with Gasteiger partial charge in [0.1, 0.15) is 0 Å². The third kappa shape index (κ3) is 2.98. The van der Waals surface area contributed by atoms with Crippen molar-refractivity contribution in [2.45, 2.75) is 0 Å². The van der Waals surface area contributed by atoms with Crippen LogP contribution >= 0.6 is 11.3 Å². The van der Waals surface area contributed by atoms with Gasteiger partial charge in [-0.2, -0.15) is 0 Å². The van der Waals surface area contributed by atoms with Gasteiger partial charge in [0.2, 0.25) is 5.95 Å². The molecule has 0 saturated heterocycles. The van der Waals surface area contributed by atoms with Crippen molar-refractivity contribution in [2.75, 3.05) is 0 Å². The molecule has 0 N–H and O–H groups in total. The van der Waals surface area contributed by atoms with Crippen molar-refractivity contribution in [3.8, 4) is 17.2 Å². The highest BCUT2D eigenvalue weighted by Gasteiger charge is 2.21. The molecular weight excluding hydrogens is 508 g/mol. The molecule has 40 heavy (non-hydrogen) atoms. The third-order valence-electron chi connectivity index (χ3n) is 7.91. The van der Waals surface area contributed by atoms with Crippen LogP contribution in [0.4, 0.5) is 0 Å². The lowest BCUT2D eigenvalue weighted by atomic mass is 10.00. The summed E-state index contributed by atoms with van der Waals surface area (Å²) in [6.45, 7) is 0. The Morgan fingerprint density at radius 3 is 1.82 bits per heavy atom. The van der Waals surface area contributed by atoms with E-state index in [9.17, 15) is 0 Å². The molecule has 4 aromatic heterocycles. The maximum Gasteiger partial charge on any atom is 0.235 e. The summed E-state index contributed by atoms with van der Waals surface area (Å²) in [5, 5.41) is 8.52. The van der Waals surface area contributed by atoms with Gasteiger partial charge < -0.3 is 0 Å². The number of benzene rings is 5. The zero-order valence-corrected chi connectivity index (χ0v) is 22.1. The molecule has 4 nitrogen and oxygen atoms in total. The number of rotatable bonds is 2. The minimum absolute atomic E-state index is 0.674. The standard InChI is InChI=1S/C35H20N4S/c1-3-9-24-21(7-1)13-15-27-30(24)31-25-10-4-2-8-22(25)14-16-28(31)39(27)35-37-32(23-17-19-36-20-18-23)34-33(38-35)26-11-5-6-12-29(26)40-34/h1-20H. The molecule has 0 aliphatic rings. The summed E-state index contributed by atoms with van der Waals surface area (Å²) < 4.78 is 4.55. The van der Waals surface area contributed by atoms with Crippen molar-refractivity contribution in [3.63, 3.8) is 0 Å². The van der Waals surface area contributed by atoms with Crippen LogP contribution in [-0.2, 0) is 0 Å². The van der Waals surface area contributed by atoms with E-state index in [4.69, 9.17) is 9.97 Å². The molecule has 0 bridgehead atoms. The molecule has 0 fully saturated rings. The molecule has 5 heteroatoms. The smallest absolute Gasteiger partial charge is 0.235 e. The summed E-state index contributed by atoms with van der Waals surface area (Å²) in [4.78, 5) is 14.9. The van der Waals surface area contributed by atoms with E-state index in [1.165, 1.54) is 37.0 Å². The predicted molar refractivity (Wildman–Crippen MR) is 168 cm³/mol. The van der Waals surface area contributed by atoms with Crippen molar-refractivity contribution >= 4 is 75.0 Å². The van der Waals surface area contributed by atoms with Crippen LogP contribution in [0, 0.1) is 0 Å². The van der Waals surface area contributed by atoms with Crippen molar-refractivity contribution in [3.05, 3.63) is 122 Å². The summed E-state index contributed by atoms with van der Waals surface area (Å²) in [6, 6.07) is 38.7. The largest absolute Gasteiger partial charge is 0.278 e. The summed E-state index contributed by atoms with van der Waals surface area (Å²) in [7, 11) is 0. The number of hydrogen-bond donors (Lipinski definition) is 0. The van der Waals surface area contributed by atoms with E-state index in [0.29, 0.717) is 5.95 Å².